The summed E-state index contributed by atoms with van der Waals surface area (Å²) >= 11 is 3.60. The van der Waals surface area contributed by atoms with Crippen LogP contribution < -0.4 is 15.6 Å². The van der Waals surface area contributed by atoms with Gasteiger partial charge in [0.15, 0.2) is 0 Å². The van der Waals surface area contributed by atoms with Gasteiger partial charge in [-0.05, 0) is 58.4 Å². The first-order valence-electron chi connectivity index (χ1n) is 9.04. The Kier molecular flexibility index (Phi) is 5.26. The Morgan fingerprint density at radius 3 is 2.62 bits per heavy atom. The summed E-state index contributed by atoms with van der Waals surface area (Å²) in [5.74, 6) is 1.03. The van der Waals surface area contributed by atoms with Gasteiger partial charge in [-0.2, -0.15) is 0 Å². The molecule has 1 unspecified atom stereocenters. The Morgan fingerprint density at radius 1 is 1.29 bits per heavy atom. The van der Waals surface area contributed by atoms with E-state index in [1.165, 1.54) is 5.56 Å². The number of likely N-dealkylation sites (tertiary alicyclic amines) is 1. The van der Waals surface area contributed by atoms with Crippen molar-refractivity contribution < 1.29 is 4.74 Å². The molecule has 1 atom stereocenters. The molecule has 0 aromatic heterocycles. The van der Waals surface area contributed by atoms with Crippen LogP contribution in [-0.2, 0) is 0 Å². The van der Waals surface area contributed by atoms with Gasteiger partial charge in [0.2, 0.25) is 0 Å². The van der Waals surface area contributed by atoms with Gasteiger partial charge in [0, 0.05) is 35.1 Å². The molecule has 2 N–H and O–H groups in total. The molecular formula is C19H30BrN3O. The predicted molar refractivity (Wildman–Crippen MR) is 102 cm³/mol. The first-order valence-corrected chi connectivity index (χ1v) is 9.83. The first-order chi connectivity index (χ1) is 11.3. The maximum Gasteiger partial charge on any atom is 0.125 e. The largest absolute Gasteiger partial charge is 0.487 e. The molecule has 0 radical (unpaired) electrons. The highest BCUT2D eigenvalue weighted by Gasteiger charge is 2.43. The summed E-state index contributed by atoms with van der Waals surface area (Å²) in [7, 11) is 0. The number of nitrogens with zero attached hydrogens (tertiary/aromatic N) is 1. The summed E-state index contributed by atoms with van der Waals surface area (Å²) in [6.45, 7) is 12.2. The van der Waals surface area contributed by atoms with Crippen LogP contribution in [0.3, 0.4) is 0 Å². The molecule has 0 bridgehead atoms. The molecule has 1 fully saturated rings. The number of ether oxygens (including phenoxy) is 1. The van der Waals surface area contributed by atoms with Crippen molar-refractivity contribution in [2.45, 2.75) is 64.1 Å². The highest BCUT2D eigenvalue weighted by molar-refractivity contribution is 9.10. The monoisotopic (exact) mass is 395 g/mol. The standard InChI is InChI=1S/C19H30BrN3O/c1-5-23-10-8-19(9-11-23)13-16(21-22-18(2,3)4)15-12-14(20)6-7-17(15)24-19/h6-7,12,16,21-22H,5,8-11,13H2,1-4H3. The summed E-state index contributed by atoms with van der Waals surface area (Å²) in [5, 5.41) is 0. The molecule has 2 heterocycles. The Hall–Kier alpha value is -0.620. The number of hydrogen-bond donors (Lipinski definition) is 2. The van der Waals surface area contributed by atoms with Crippen molar-refractivity contribution in [1.82, 2.24) is 15.8 Å². The van der Waals surface area contributed by atoms with Gasteiger partial charge in [-0.25, -0.2) is 5.43 Å². The molecule has 1 saturated heterocycles. The number of hydrogen-bond acceptors (Lipinski definition) is 4. The van der Waals surface area contributed by atoms with Crippen molar-refractivity contribution in [3.05, 3.63) is 28.2 Å². The average Bonchev–Trinajstić information content (AvgIpc) is 2.53. The van der Waals surface area contributed by atoms with E-state index in [-0.39, 0.29) is 17.2 Å². The highest BCUT2D eigenvalue weighted by Crippen LogP contribution is 2.44. The molecule has 2 aliphatic heterocycles. The quantitative estimate of drug-likeness (QED) is 0.757. The fourth-order valence-corrected chi connectivity index (χ4v) is 4.04. The molecule has 1 aromatic carbocycles. The summed E-state index contributed by atoms with van der Waals surface area (Å²) < 4.78 is 7.66. The number of fused-ring (bicyclic) bond motifs is 1. The van der Waals surface area contributed by atoms with Gasteiger partial charge in [0.25, 0.3) is 0 Å². The van der Waals surface area contributed by atoms with Crippen LogP contribution in [0.2, 0.25) is 0 Å². The lowest BCUT2D eigenvalue weighted by Gasteiger charge is -2.47. The molecule has 134 valence electrons. The summed E-state index contributed by atoms with van der Waals surface area (Å²) in [4.78, 5) is 2.52. The maximum absolute atomic E-state index is 6.56. The van der Waals surface area contributed by atoms with Gasteiger partial charge in [0.05, 0.1) is 6.04 Å². The molecule has 0 saturated carbocycles. The van der Waals surface area contributed by atoms with Crippen LogP contribution in [-0.4, -0.2) is 35.7 Å². The minimum absolute atomic E-state index is 0.0310. The second kappa shape index (κ2) is 6.94. The van der Waals surface area contributed by atoms with Crippen molar-refractivity contribution in [2.75, 3.05) is 19.6 Å². The predicted octanol–water partition coefficient (Wildman–Crippen LogP) is 4.02. The van der Waals surface area contributed by atoms with Crippen LogP contribution >= 0.6 is 15.9 Å². The number of halogens is 1. The third kappa shape index (κ3) is 4.13. The summed E-state index contributed by atoms with van der Waals surface area (Å²) in [6, 6.07) is 6.63. The fraction of sp³-hybridized carbons (Fsp3) is 0.684. The van der Waals surface area contributed by atoms with E-state index >= 15 is 0 Å². The summed E-state index contributed by atoms with van der Waals surface area (Å²) in [6.07, 6.45) is 3.21. The van der Waals surface area contributed by atoms with Crippen LogP contribution in [0.5, 0.6) is 5.75 Å². The smallest absolute Gasteiger partial charge is 0.125 e. The Morgan fingerprint density at radius 2 is 2.00 bits per heavy atom. The van der Waals surface area contributed by atoms with Crippen LogP contribution in [0.15, 0.2) is 22.7 Å². The fourth-order valence-electron chi connectivity index (χ4n) is 3.66. The number of piperidine rings is 1. The second-order valence-corrected chi connectivity index (χ2v) is 9.09. The molecule has 1 aromatic rings. The van der Waals surface area contributed by atoms with E-state index < -0.39 is 0 Å². The van der Waals surface area contributed by atoms with E-state index in [4.69, 9.17) is 4.74 Å². The minimum atomic E-state index is -0.0380. The molecule has 2 aliphatic rings. The molecular weight excluding hydrogens is 366 g/mol. The molecule has 3 rings (SSSR count). The van der Waals surface area contributed by atoms with E-state index in [1.54, 1.807) is 0 Å². The van der Waals surface area contributed by atoms with E-state index in [0.717, 1.165) is 49.1 Å². The van der Waals surface area contributed by atoms with Crippen molar-refractivity contribution in [2.24, 2.45) is 0 Å². The molecule has 4 nitrogen and oxygen atoms in total. The van der Waals surface area contributed by atoms with Crippen LogP contribution in [0, 0.1) is 0 Å². The van der Waals surface area contributed by atoms with Crippen molar-refractivity contribution >= 4 is 15.9 Å². The average molecular weight is 396 g/mol. The lowest BCUT2D eigenvalue weighted by molar-refractivity contribution is -0.0266. The SMILES string of the molecule is CCN1CCC2(CC1)CC(NNC(C)(C)C)c1cc(Br)ccc1O2. The third-order valence-electron chi connectivity index (χ3n) is 5.09. The molecule has 5 heteroatoms. The van der Waals surface area contributed by atoms with Gasteiger partial charge >= 0.3 is 0 Å². The van der Waals surface area contributed by atoms with Gasteiger partial charge in [0.1, 0.15) is 11.4 Å². The molecule has 0 aliphatic carbocycles. The first kappa shape index (κ1) is 18.2. The van der Waals surface area contributed by atoms with Crippen molar-refractivity contribution in [3.8, 4) is 5.75 Å². The Balaban J connectivity index is 1.83. The maximum atomic E-state index is 6.56. The molecule has 24 heavy (non-hydrogen) atoms. The van der Waals surface area contributed by atoms with E-state index in [0.29, 0.717) is 0 Å². The zero-order valence-corrected chi connectivity index (χ0v) is 16.9. The van der Waals surface area contributed by atoms with Crippen LogP contribution in [0.4, 0.5) is 0 Å². The van der Waals surface area contributed by atoms with E-state index in [9.17, 15) is 0 Å². The van der Waals surface area contributed by atoms with Gasteiger partial charge < -0.3 is 9.64 Å². The Labute approximate surface area is 154 Å². The van der Waals surface area contributed by atoms with Gasteiger partial charge in [-0.3, -0.25) is 5.43 Å². The Bertz CT molecular complexity index is 576. The van der Waals surface area contributed by atoms with E-state index in [2.05, 4.69) is 77.6 Å². The third-order valence-corrected chi connectivity index (χ3v) is 5.58. The number of benzene rings is 1. The van der Waals surface area contributed by atoms with Crippen molar-refractivity contribution in [3.63, 3.8) is 0 Å². The number of rotatable bonds is 3. The highest BCUT2D eigenvalue weighted by atomic mass is 79.9. The van der Waals surface area contributed by atoms with Gasteiger partial charge in [-0.1, -0.05) is 22.9 Å². The van der Waals surface area contributed by atoms with Crippen LogP contribution in [0.25, 0.3) is 0 Å². The number of hydrazine groups is 1. The number of nitrogens with one attached hydrogen (secondary N) is 2. The zero-order valence-electron chi connectivity index (χ0n) is 15.3. The molecule has 1 spiro atoms. The lowest BCUT2D eigenvalue weighted by atomic mass is 9.80. The minimum Gasteiger partial charge on any atom is -0.487 e. The molecule has 0 amide bonds. The normalized spacial score (nSPS) is 23.8. The lowest BCUT2D eigenvalue weighted by Crippen LogP contribution is -2.55. The van der Waals surface area contributed by atoms with Gasteiger partial charge in [-0.15, -0.1) is 0 Å². The van der Waals surface area contributed by atoms with Crippen LogP contribution in [0.1, 0.15) is 58.6 Å². The second-order valence-electron chi connectivity index (χ2n) is 8.18. The zero-order chi connectivity index (χ0) is 17.4. The summed E-state index contributed by atoms with van der Waals surface area (Å²) in [5.41, 5.74) is 8.27. The van der Waals surface area contributed by atoms with E-state index in [1.807, 2.05) is 0 Å². The van der Waals surface area contributed by atoms with Crippen molar-refractivity contribution in [1.29, 1.82) is 0 Å². The topological polar surface area (TPSA) is 36.5 Å².